The normalized spacial score (nSPS) is 34.0. The second-order valence-electron chi connectivity index (χ2n) is 5.94. The van der Waals surface area contributed by atoms with Crippen LogP contribution in [0.4, 0.5) is 0 Å². The Morgan fingerprint density at radius 2 is 1.93 bits per heavy atom. The minimum Gasteiger partial charge on any atom is -0.316 e. The van der Waals surface area contributed by atoms with E-state index in [-0.39, 0.29) is 0 Å². The lowest BCUT2D eigenvalue weighted by Gasteiger charge is -2.33. The van der Waals surface area contributed by atoms with Gasteiger partial charge in [-0.05, 0) is 56.0 Å². The Labute approximate surface area is 95.0 Å². The van der Waals surface area contributed by atoms with Gasteiger partial charge in [-0.3, -0.25) is 0 Å². The van der Waals surface area contributed by atoms with E-state index in [0.717, 1.165) is 23.7 Å². The highest BCUT2D eigenvalue weighted by atomic mass is 14.9. The summed E-state index contributed by atoms with van der Waals surface area (Å²) in [5, 5.41) is 3.57. The number of rotatable bonds is 5. The summed E-state index contributed by atoms with van der Waals surface area (Å²) in [6, 6.07) is 0. The molecule has 0 aromatic rings. The predicted octanol–water partition coefficient (Wildman–Crippen LogP) is 3.45. The van der Waals surface area contributed by atoms with E-state index in [9.17, 15) is 0 Å². The van der Waals surface area contributed by atoms with Gasteiger partial charge < -0.3 is 5.32 Å². The minimum absolute atomic E-state index is 0.969. The van der Waals surface area contributed by atoms with E-state index in [0.29, 0.717) is 0 Å². The van der Waals surface area contributed by atoms with Gasteiger partial charge in [0, 0.05) is 0 Å². The van der Waals surface area contributed by atoms with Gasteiger partial charge in [0.15, 0.2) is 0 Å². The first kappa shape index (κ1) is 11.4. The molecule has 1 nitrogen and oxygen atoms in total. The molecule has 0 amide bonds. The summed E-state index contributed by atoms with van der Waals surface area (Å²) in [6.07, 6.45) is 8.82. The fourth-order valence-corrected chi connectivity index (χ4v) is 3.33. The maximum atomic E-state index is 3.57. The van der Waals surface area contributed by atoms with E-state index in [1.54, 1.807) is 0 Å². The maximum Gasteiger partial charge on any atom is -0.00178 e. The number of nitrogens with one attached hydrogen (secondary N) is 1. The van der Waals surface area contributed by atoms with Gasteiger partial charge in [0.1, 0.15) is 0 Å². The molecule has 15 heavy (non-hydrogen) atoms. The molecule has 1 heteroatoms. The fraction of sp³-hybridized carbons (Fsp3) is 1.00. The molecule has 2 rings (SSSR count). The Bertz CT molecular complexity index is 186. The highest BCUT2D eigenvalue weighted by Crippen LogP contribution is 2.38. The van der Waals surface area contributed by atoms with Crippen LogP contribution < -0.4 is 5.32 Å². The Morgan fingerprint density at radius 1 is 1.13 bits per heavy atom. The van der Waals surface area contributed by atoms with Gasteiger partial charge in [-0.2, -0.15) is 0 Å². The first-order chi connectivity index (χ1) is 7.29. The lowest BCUT2D eigenvalue weighted by Crippen LogP contribution is -2.37. The predicted molar refractivity (Wildman–Crippen MR) is 65.9 cm³/mol. The molecule has 0 radical (unpaired) electrons. The van der Waals surface area contributed by atoms with Crippen LogP contribution in [-0.4, -0.2) is 13.1 Å². The minimum atomic E-state index is 0.969. The molecule has 3 unspecified atom stereocenters. The standard InChI is InChI=1S/C14H27N/c1-3-13-6-7-15-10-14(13)9-11(2)8-12-4-5-12/h11-15H,3-10H2,1-2H3. The molecule has 1 aliphatic heterocycles. The van der Waals surface area contributed by atoms with Crippen LogP contribution in [0.1, 0.15) is 52.4 Å². The zero-order valence-corrected chi connectivity index (χ0v) is 10.5. The lowest BCUT2D eigenvalue weighted by molar-refractivity contribution is 0.204. The molecule has 1 N–H and O–H groups in total. The van der Waals surface area contributed by atoms with Crippen LogP contribution in [0.2, 0.25) is 0 Å². The second kappa shape index (κ2) is 5.34. The van der Waals surface area contributed by atoms with Crippen molar-refractivity contribution in [2.24, 2.45) is 23.7 Å². The van der Waals surface area contributed by atoms with Crippen molar-refractivity contribution in [3.8, 4) is 0 Å². The summed E-state index contributed by atoms with van der Waals surface area (Å²) in [7, 11) is 0. The average Bonchev–Trinajstić information content (AvgIpc) is 3.02. The van der Waals surface area contributed by atoms with Crippen LogP contribution in [0.3, 0.4) is 0 Å². The third kappa shape index (κ3) is 3.48. The molecule has 2 fully saturated rings. The molecule has 2 aliphatic rings. The van der Waals surface area contributed by atoms with Crippen molar-refractivity contribution in [1.29, 1.82) is 0 Å². The van der Waals surface area contributed by atoms with E-state index in [2.05, 4.69) is 19.2 Å². The average molecular weight is 209 g/mol. The number of hydrogen-bond donors (Lipinski definition) is 1. The van der Waals surface area contributed by atoms with Crippen LogP contribution in [-0.2, 0) is 0 Å². The Morgan fingerprint density at radius 3 is 2.60 bits per heavy atom. The largest absolute Gasteiger partial charge is 0.316 e. The molecule has 0 aromatic carbocycles. The highest BCUT2D eigenvalue weighted by Gasteiger charge is 2.28. The first-order valence-corrected chi connectivity index (χ1v) is 7.00. The lowest BCUT2D eigenvalue weighted by atomic mass is 9.78. The molecular formula is C14H27N. The first-order valence-electron chi connectivity index (χ1n) is 7.00. The second-order valence-corrected chi connectivity index (χ2v) is 5.94. The van der Waals surface area contributed by atoms with E-state index in [4.69, 9.17) is 0 Å². The molecule has 3 atom stereocenters. The number of hydrogen-bond acceptors (Lipinski definition) is 1. The van der Waals surface area contributed by atoms with Crippen molar-refractivity contribution in [2.45, 2.75) is 52.4 Å². The van der Waals surface area contributed by atoms with Gasteiger partial charge in [0.2, 0.25) is 0 Å². The SMILES string of the molecule is CCC1CCNCC1CC(C)CC1CC1. The van der Waals surface area contributed by atoms with Gasteiger partial charge in [0.25, 0.3) is 0 Å². The van der Waals surface area contributed by atoms with Crippen LogP contribution >= 0.6 is 0 Å². The topological polar surface area (TPSA) is 12.0 Å². The monoisotopic (exact) mass is 209 g/mol. The van der Waals surface area contributed by atoms with Gasteiger partial charge in [-0.1, -0.05) is 33.1 Å². The van der Waals surface area contributed by atoms with Crippen LogP contribution in [0.25, 0.3) is 0 Å². The molecular weight excluding hydrogens is 182 g/mol. The van der Waals surface area contributed by atoms with Crippen molar-refractivity contribution in [3.63, 3.8) is 0 Å². The van der Waals surface area contributed by atoms with Crippen LogP contribution in [0.15, 0.2) is 0 Å². The molecule has 1 heterocycles. The van der Waals surface area contributed by atoms with Crippen LogP contribution in [0.5, 0.6) is 0 Å². The van der Waals surface area contributed by atoms with Crippen molar-refractivity contribution < 1.29 is 0 Å². The maximum absolute atomic E-state index is 3.57. The molecule has 0 aromatic heterocycles. The number of piperidine rings is 1. The Balaban J connectivity index is 1.74. The van der Waals surface area contributed by atoms with Crippen LogP contribution in [0, 0.1) is 23.7 Å². The van der Waals surface area contributed by atoms with E-state index in [1.165, 1.54) is 51.6 Å². The molecule has 1 saturated heterocycles. The van der Waals surface area contributed by atoms with Crippen molar-refractivity contribution in [3.05, 3.63) is 0 Å². The van der Waals surface area contributed by atoms with Crippen molar-refractivity contribution >= 4 is 0 Å². The fourth-order valence-electron chi connectivity index (χ4n) is 3.33. The van der Waals surface area contributed by atoms with E-state index >= 15 is 0 Å². The third-order valence-corrected chi connectivity index (χ3v) is 4.43. The van der Waals surface area contributed by atoms with Gasteiger partial charge >= 0.3 is 0 Å². The highest BCUT2D eigenvalue weighted by molar-refractivity contribution is 4.81. The third-order valence-electron chi connectivity index (χ3n) is 4.43. The van der Waals surface area contributed by atoms with E-state index < -0.39 is 0 Å². The Kier molecular flexibility index (Phi) is 4.07. The molecule has 1 saturated carbocycles. The zero-order valence-electron chi connectivity index (χ0n) is 10.5. The molecule has 0 bridgehead atoms. The summed E-state index contributed by atoms with van der Waals surface area (Å²) in [6.45, 7) is 7.38. The van der Waals surface area contributed by atoms with Gasteiger partial charge in [0.05, 0.1) is 0 Å². The molecule has 0 spiro atoms. The summed E-state index contributed by atoms with van der Waals surface area (Å²) in [4.78, 5) is 0. The molecule has 1 aliphatic carbocycles. The Hall–Kier alpha value is -0.0400. The van der Waals surface area contributed by atoms with Crippen molar-refractivity contribution in [2.75, 3.05) is 13.1 Å². The quantitative estimate of drug-likeness (QED) is 0.731. The van der Waals surface area contributed by atoms with Crippen molar-refractivity contribution in [1.82, 2.24) is 5.32 Å². The molecule has 88 valence electrons. The summed E-state index contributed by atoms with van der Waals surface area (Å²) >= 11 is 0. The summed E-state index contributed by atoms with van der Waals surface area (Å²) < 4.78 is 0. The smallest absolute Gasteiger partial charge is 0.00178 e. The zero-order chi connectivity index (χ0) is 10.7. The van der Waals surface area contributed by atoms with Gasteiger partial charge in [-0.25, -0.2) is 0 Å². The summed E-state index contributed by atoms with van der Waals surface area (Å²) in [5.74, 6) is 4.05. The summed E-state index contributed by atoms with van der Waals surface area (Å²) in [5.41, 5.74) is 0. The van der Waals surface area contributed by atoms with E-state index in [1.807, 2.05) is 0 Å². The van der Waals surface area contributed by atoms with Gasteiger partial charge in [-0.15, -0.1) is 0 Å².